The lowest BCUT2D eigenvalue weighted by atomic mass is 10.2. The molecule has 1 aromatic heterocycles. The molecule has 1 saturated heterocycles. The zero-order valence-electron chi connectivity index (χ0n) is 12.2. The fourth-order valence-corrected chi connectivity index (χ4v) is 3.94. The Hall–Kier alpha value is -1.37. The molecule has 0 spiro atoms. The van der Waals surface area contributed by atoms with E-state index in [2.05, 4.69) is 10.3 Å². The highest BCUT2D eigenvalue weighted by Crippen LogP contribution is 2.27. The number of thiazole rings is 1. The molecular formula is C16H18N2O2S2. The number of hydrogen-bond donors (Lipinski definition) is 1. The van der Waals surface area contributed by atoms with Gasteiger partial charge in [-0.2, -0.15) is 0 Å². The Balaban J connectivity index is 1.45. The molecule has 0 saturated carbocycles. The Morgan fingerprint density at radius 3 is 3.05 bits per heavy atom. The maximum atomic E-state index is 11.8. The summed E-state index contributed by atoms with van der Waals surface area (Å²) in [4.78, 5) is 16.4. The van der Waals surface area contributed by atoms with Gasteiger partial charge in [-0.3, -0.25) is 4.79 Å². The van der Waals surface area contributed by atoms with Crippen LogP contribution in [0.4, 0.5) is 0 Å². The van der Waals surface area contributed by atoms with Crippen molar-refractivity contribution in [2.75, 3.05) is 18.9 Å². The summed E-state index contributed by atoms with van der Waals surface area (Å²) < 4.78 is 6.41. The standard InChI is InChI=1S/C16H18N2O2S2/c19-15(17-9-13-7-4-8-20-13)11-22-16-18-14(10-21-16)12-5-2-1-3-6-12/h1-3,5-6,10,13H,4,7-9,11H2,(H,17,19)/t13-/m1/s1. The monoisotopic (exact) mass is 334 g/mol. The minimum absolute atomic E-state index is 0.0389. The molecule has 0 bridgehead atoms. The third-order valence-electron chi connectivity index (χ3n) is 3.43. The van der Waals surface area contributed by atoms with E-state index in [0.717, 1.165) is 35.0 Å². The quantitative estimate of drug-likeness (QED) is 0.824. The molecule has 0 aliphatic carbocycles. The van der Waals surface area contributed by atoms with Gasteiger partial charge in [-0.25, -0.2) is 4.98 Å². The van der Waals surface area contributed by atoms with Gasteiger partial charge in [0.15, 0.2) is 4.34 Å². The topological polar surface area (TPSA) is 51.2 Å². The number of nitrogens with zero attached hydrogens (tertiary/aromatic N) is 1. The average molecular weight is 334 g/mol. The van der Waals surface area contributed by atoms with E-state index in [4.69, 9.17) is 4.74 Å². The molecule has 1 aromatic carbocycles. The van der Waals surface area contributed by atoms with Crippen LogP contribution in [0.1, 0.15) is 12.8 Å². The van der Waals surface area contributed by atoms with E-state index >= 15 is 0 Å². The van der Waals surface area contributed by atoms with Crippen molar-refractivity contribution in [3.8, 4) is 11.3 Å². The number of aromatic nitrogens is 1. The maximum absolute atomic E-state index is 11.8. The number of rotatable bonds is 6. The van der Waals surface area contributed by atoms with E-state index in [1.54, 1.807) is 11.3 Å². The summed E-state index contributed by atoms with van der Waals surface area (Å²) in [6.45, 7) is 1.43. The number of benzene rings is 1. The van der Waals surface area contributed by atoms with Gasteiger partial charge in [0.1, 0.15) is 0 Å². The van der Waals surface area contributed by atoms with E-state index in [-0.39, 0.29) is 12.0 Å². The molecule has 1 aliphatic rings. The molecule has 2 aromatic rings. The zero-order chi connectivity index (χ0) is 15.2. The van der Waals surface area contributed by atoms with Crippen LogP contribution in [0.3, 0.4) is 0 Å². The molecule has 1 N–H and O–H groups in total. The van der Waals surface area contributed by atoms with Gasteiger partial charge in [0, 0.05) is 24.1 Å². The number of thioether (sulfide) groups is 1. The van der Waals surface area contributed by atoms with Gasteiger partial charge in [-0.05, 0) is 12.8 Å². The first kappa shape index (κ1) is 15.5. The van der Waals surface area contributed by atoms with Crippen molar-refractivity contribution in [1.29, 1.82) is 0 Å². The van der Waals surface area contributed by atoms with Crippen molar-refractivity contribution in [2.45, 2.75) is 23.3 Å². The Labute approximate surface area is 138 Å². The van der Waals surface area contributed by atoms with Crippen LogP contribution in [0, 0.1) is 0 Å². The summed E-state index contributed by atoms with van der Waals surface area (Å²) in [5.74, 6) is 0.436. The molecule has 0 radical (unpaired) electrons. The van der Waals surface area contributed by atoms with Crippen LogP contribution in [-0.4, -0.2) is 35.9 Å². The molecule has 6 heteroatoms. The first-order valence-corrected chi connectivity index (χ1v) is 9.20. The van der Waals surface area contributed by atoms with Gasteiger partial charge in [-0.1, -0.05) is 42.1 Å². The van der Waals surface area contributed by atoms with Crippen LogP contribution in [0.15, 0.2) is 40.1 Å². The van der Waals surface area contributed by atoms with Crippen molar-refractivity contribution < 1.29 is 9.53 Å². The van der Waals surface area contributed by atoms with Crippen LogP contribution >= 0.6 is 23.1 Å². The summed E-state index contributed by atoms with van der Waals surface area (Å²) >= 11 is 3.06. The third-order valence-corrected chi connectivity index (χ3v) is 5.45. The highest BCUT2D eigenvalue weighted by Gasteiger charge is 2.16. The lowest BCUT2D eigenvalue weighted by Crippen LogP contribution is -2.32. The van der Waals surface area contributed by atoms with Crippen molar-refractivity contribution in [2.24, 2.45) is 0 Å². The fraction of sp³-hybridized carbons (Fsp3) is 0.375. The number of carbonyl (C=O) groups excluding carboxylic acids is 1. The molecule has 1 amide bonds. The van der Waals surface area contributed by atoms with Crippen LogP contribution in [0.2, 0.25) is 0 Å². The molecular weight excluding hydrogens is 316 g/mol. The van der Waals surface area contributed by atoms with Gasteiger partial charge in [-0.15, -0.1) is 11.3 Å². The SMILES string of the molecule is O=C(CSc1nc(-c2ccccc2)cs1)NC[C@H]1CCCO1. The first-order valence-electron chi connectivity index (χ1n) is 7.33. The van der Waals surface area contributed by atoms with Crippen molar-refractivity contribution in [3.05, 3.63) is 35.7 Å². The first-order chi connectivity index (χ1) is 10.8. The predicted molar refractivity (Wildman–Crippen MR) is 90.3 cm³/mol. The molecule has 116 valence electrons. The van der Waals surface area contributed by atoms with Gasteiger partial charge in [0.2, 0.25) is 5.91 Å². The fourth-order valence-electron chi connectivity index (χ4n) is 2.28. The molecule has 2 heterocycles. The van der Waals surface area contributed by atoms with E-state index in [9.17, 15) is 4.79 Å². The second kappa shape index (κ2) is 7.76. The summed E-state index contributed by atoms with van der Waals surface area (Å²) in [6, 6.07) is 10.1. The minimum atomic E-state index is 0.0389. The zero-order valence-corrected chi connectivity index (χ0v) is 13.8. The van der Waals surface area contributed by atoms with Crippen LogP contribution in [0.25, 0.3) is 11.3 Å². The Kier molecular flexibility index (Phi) is 5.48. The van der Waals surface area contributed by atoms with Crippen LogP contribution < -0.4 is 5.32 Å². The van der Waals surface area contributed by atoms with E-state index in [1.165, 1.54) is 11.8 Å². The lowest BCUT2D eigenvalue weighted by molar-refractivity contribution is -0.119. The predicted octanol–water partition coefficient (Wildman–Crippen LogP) is 3.20. The van der Waals surface area contributed by atoms with Crippen LogP contribution in [-0.2, 0) is 9.53 Å². The molecule has 0 unspecified atom stereocenters. The molecule has 1 atom stereocenters. The Morgan fingerprint density at radius 1 is 1.41 bits per heavy atom. The number of ether oxygens (including phenoxy) is 1. The second-order valence-electron chi connectivity index (χ2n) is 5.09. The molecule has 1 fully saturated rings. The minimum Gasteiger partial charge on any atom is -0.376 e. The normalized spacial score (nSPS) is 17.5. The van der Waals surface area contributed by atoms with Crippen molar-refractivity contribution in [3.63, 3.8) is 0 Å². The number of nitrogens with one attached hydrogen (secondary N) is 1. The van der Waals surface area contributed by atoms with Crippen LogP contribution in [0.5, 0.6) is 0 Å². The summed E-state index contributed by atoms with van der Waals surface area (Å²) in [5.41, 5.74) is 2.07. The molecule has 3 rings (SSSR count). The highest BCUT2D eigenvalue weighted by molar-refractivity contribution is 8.01. The molecule has 4 nitrogen and oxygen atoms in total. The second-order valence-corrected chi connectivity index (χ2v) is 7.17. The van der Waals surface area contributed by atoms with Gasteiger partial charge >= 0.3 is 0 Å². The van der Waals surface area contributed by atoms with Gasteiger partial charge < -0.3 is 10.1 Å². The Morgan fingerprint density at radius 2 is 2.27 bits per heavy atom. The Bertz CT molecular complexity index is 610. The number of carbonyl (C=O) groups is 1. The highest BCUT2D eigenvalue weighted by atomic mass is 32.2. The largest absolute Gasteiger partial charge is 0.376 e. The summed E-state index contributed by atoms with van der Waals surface area (Å²) in [6.07, 6.45) is 2.33. The third kappa shape index (κ3) is 4.32. The molecule has 22 heavy (non-hydrogen) atoms. The number of amides is 1. The molecule has 1 aliphatic heterocycles. The van der Waals surface area contributed by atoms with E-state index in [1.807, 2.05) is 35.7 Å². The average Bonchev–Trinajstić information content (AvgIpc) is 3.23. The van der Waals surface area contributed by atoms with E-state index < -0.39 is 0 Å². The van der Waals surface area contributed by atoms with E-state index in [0.29, 0.717) is 12.3 Å². The maximum Gasteiger partial charge on any atom is 0.230 e. The smallest absolute Gasteiger partial charge is 0.230 e. The lowest BCUT2D eigenvalue weighted by Gasteiger charge is -2.10. The summed E-state index contributed by atoms with van der Waals surface area (Å²) in [5, 5.41) is 4.96. The van der Waals surface area contributed by atoms with Gasteiger partial charge in [0.25, 0.3) is 0 Å². The van der Waals surface area contributed by atoms with Gasteiger partial charge in [0.05, 0.1) is 17.6 Å². The van der Waals surface area contributed by atoms with Crippen molar-refractivity contribution >= 4 is 29.0 Å². The summed E-state index contributed by atoms with van der Waals surface area (Å²) in [7, 11) is 0. The van der Waals surface area contributed by atoms with Crippen molar-refractivity contribution in [1.82, 2.24) is 10.3 Å². The number of hydrogen-bond acceptors (Lipinski definition) is 5.